The third-order valence-electron chi connectivity index (χ3n) is 2.41. The van der Waals surface area contributed by atoms with Crippen LogP contribution < -0.4 is 0 Å². The van der Waals surface area contributed by atoms with Gasteiger partial charge in [-0.05, 0) is 25.1 Å². The Morgan fingerprint density at radius 1 is 1.48 bits per heavy atom. The first kappa shape index (κ1) is 16.9. The largest absolute Gasteiger partial charge is 0.328 e. The molecule has 1 aromatic carbocycles. The zero-order valence-electron chi connectivity index (χ0n) is 10.7. The highest BCUT2D eigenvalue weighted by molar-refractivity contribution is 6.36. The number of hydrogen-bond donors (Lipinski definition) is 1. The van der Waals surface area contributed by atoms with Crippen molar-refractivity contribution in [3.05, 3.63) is 56.6 Å². The molecular weight excluding hydrogens is 323 g/mol. The Morgan fingerprint density at radius 2 is 2.10 bits per heavy atom. The molecule has 0 spiro atoms. The van der Waals surface area contributed by atoms with Gasteiger partial charge in [0.15, 0.2) is 5.78 Å². The van der Waals surface area contributed by atoms with Gasteiger partial charge in [-0.1, -0.05) is 23.2 Å². The topological polar surface area (TPSA) is 111 Å². The Balaban J connectivity index is 0.000000491. The summed E-state index contributed by atoms with van der Waals surface area (Å²) in [6.45, 7) is 1.74. The molecule has 1 atom stereocenters. The highest BCUT2D eigenvalue weighted by atomic mass is 35.5. The lowest BCUT2D eigenvalue weighted by Gasteiger charge is -2.11. The van der Waals surface area contributed by atoms with Gasteiger partial charge in [0.2, 0.25) is 0 Å². The van der Waals surface area contributed by atoms with Crippen molar-refractivity contribution < 1.29 is 15.1 Å². The van der Waals surface area contributed by atoms with Crippen LogP contribution in [0.25, 0.3) is 0 Å². The molecule has 0 amide bonds. The van der Waals surface area contributed by atoms with Crippen LogP contribution in [0.2, 0.25) is 10.0 Å². The summed E-state index contributed by atoms with van der Waals surface area (Å²) in [5.74, 6) is -0.128. The van der Waals surface area contributed by atoms with Crippen molar-refractivity contribution in [1.82, 2.24) is 14.8 Å². The van der Waals surface area contributed by atoms with E-state index in [0.29, 0.717) is 15.6 Å². The molecule has 10 heteroatoms. The zero-order chi connectivity index (χ0) is 16.0. The fourth-order valence-electron chi connectivity index (χ4n) is 1.45. The standard InChI is InChI=1S/C11H9Cl2N3O.HNO3/c1-7(16-6-14-5-15-16)11(17)9-3-2-8(12)4-10(9)13;2-1(3)4/h2-7H,1H3;(H,2,3,4). The average Bonchev–Trinajstić information content (AvgIpc) is 2.90. The maximum Gasteiger partial charge on any atom is 0.291 e. The van der Waals surface area contributed by atoms with Crippen LogP contribution in [0.1, 0.15) is 23.3 Å². The summed E-state index contributed by atoms with van der Waals surface area (Å²) >= 11 is 11.8. The second-order valence-corrected chi connectivity index (χ2v) is 4.62. The van der Waals surface area contributed by atoms with Crippen LogP contribution in [0, 0.1) is 10.1 Å². The lowest BCUT2D eigenvalue weighted by Crippen LogP contribution is -2.17. The molecule has 112 valence electrons. The number of Topliss-reactive ketones (excluding diaryl/α,β-unsaturated/α-hetero) is 1. The number of aromatic nitrogens is 3. The Bertz CT molecular complexity index is 629. The highest BCUT2D eigenvalue weighted by Gasteiger charge is 2.19. The minimum absolute atomic E-state index is 0.128. The van der Waals surface area contributed by atoms with Crippen molar-refractivity contribution in [3.63, 3.8) is 0 Å². The van der Waals surface area contributed by atoms with Crippen LogP contribution in [-0.4, -0.2) is 30.8 Å². The van der Waals surface area contributed by atoms with Gasteiger partial charge in [0.05, 0.1) is 5.02 Å². The highest BCUT2D eigenvalue weighted by Crippen LogP contribution is 2.24. The first-order valence-corrected chi connectivity index (χ1v) is 6.25. The van der Waals surface area contributed by atoms with Crippen molar-refractivity contribution in [3.8, 4) is 0 Å². The van der Waals surface area contributed by atoms with Crippen molar-refractivity contribution in [2.24, 2.45) is 0 Å². The maximum absolute atomic E-state index is 12.2. The Labute approximate surface area is 129 Å². The van der Waals surface area contributed by atoms with Gasteiger partial charge in [-0.15, -0.1) is 10.1 Å². The average molecular weight is 333 g/mol. The molecule has 1 N–H and O–H groups in total. The number of halogens is 2. The number of ketones is 1. The van der Waals surface area contributed by atoms with E-state index in [0.717, 1.165) is 0 Å². The molecule has 0 aliphatic rings. The molecule has 0 aliphatic carbocycles. The third-order valence-corrected chi connectivity index (χ3v) is 2.96. The summed E-state index contributed by atoms with van der Waals surface area (Å²) in [4.78, 5) is 24.3. The number of rotatable bonds is 3. The van der Waals surface area contributed by atoms with Crippen LogP contribution in [-0.2, 0) is 0 Å². The Morgan fingerprint density at radius 3 is 2.57 bits per heavy atom. The number of carbonyl (C=O) groups is 1. The van der Waals surface area contributed by atoms with E-state index in [1.54, 1.807) is 25.1 Å². The monoisotopic (exact) mass is 332 g/mol. The van der Waals surface area contributed by atoms with E-state index in [-0.39, 0.29) is 5.78 Å². The molecule has 0 fully saturated rings. The molecule has 2 rings (SSSR count). The van der Waals surface area contributed by atoms with Gasteiger partial charge in [-0.3, -0.25) is 4.79 Å². The van der Waals surface area contributed by atoms with E-state index in [2.05, 4.69) is 10.1 Å². The number of benzene rings is 1. The molecule has 8 nitrogen and oxygen atoms in total. The summed E-state index contributed by atoms with van der Waals surface area (Å²) < 4.78 is 1.48. The minimum Gasteiger partial charge on any atom is -0.328 e. The zero-order valence-corrected chi connectivity index (χ0v) is 12.2. The van der Waals surface area contributed by atoms with E-state index in [1.165, 1.54) is 17.3 Å². The number of nitrogens with zero attached hydrogens (tertiary/aromatic N) is 4. The fourth-order valence-corrected chi connectivity index (χ4v) is 1.95. The fraction of sp³-hybridized carbons (Fsp3) is 0.182. The predicted molar refractivity (Wildman–Crippen MR) is 74.3 cm³/mol. The Hall–Kier alpha value is -2.19. The van der Waals surface area contributed by atoms with Crippen molar-refractivity contribution in [2.75, 3.05) is 0 Å². The molecule has 0 bridgehead atoms. The van der Waals surface area contributed by atoms with E-state index in [4.69, 9.17) is 38.5 Å². The smallest absolute Gasteiger partial charge is 0.291 e. The molecule has 2 aromatic rings. The Kier molecular flexibility index (Phi) is 6.07. The molecule has 1 aromatic heterocycles. The number of carbonyl (C=O) groups excluding carboxylic acids is 1. The SMILES string of the molecule is CC(C(=O)c1ccc(Cl)cc1Cl)n1cncn1.O=[N+]([O-])O. The van der Waals surface area contributed by atoms with Crippen LogP contribution >= 0.6 is 23.2 Å². The van der Waals surface area contributed by atoms with Gasteiger partial charge in [0.1, 0.15) is 18.7 Å². The molecule has 0 saturated carbocycles. The van der Waals surface area contributed by atoms with E-state index in [1.807, 2.05) is 0 Å². The summed E-state index contributed by atoms with van der Waals surface area (Å²) in [5.41, 5.74) is 0.430. The quantitative estimate of drug-likeness (QED) is 0.525. The first-order chi connectivity index (χ1) is 9.82. The molecular formula is C11H10Cl2N4O4. The van der Waals surface area contributed by atoms with Gasteiger partial charge in [0.25, 0.3) is 5.09 Å². The van der Waals surface area contributed by atoms with Crippen LogP contribution in [0.5, 0.6) is 0 Å². The van der Waals surface area contributed by atoms with Gasteiger partial charge < -0.3 is 5.21 Å². The van der Waals surface area contributed by atoms with Crippen LogP contribution in [0.15, 0.2) is 30.9 Å². The number of hydrogen-bond acceptors (Lipinski definition) is 5. The summed E-state index contributed by atoms with van der Waals surface area (Å²) in [6.07, 6.45) is 2.87. The maximum atomic E-state index is 12.2. The van der Waals surface area contributed by atoms with Crippen LogP contribution in [0.4, 0.5) is 0 Å². The molecule has 21 heavy (non-hydrogen) atoms. The normalized spacial score (nSPS) is 11.2. The van der Waals surface area contributed by atoms with Gasteiger partial charge >= 0.3 is 0 Å². The predicted octanol–water partition coefficient (Wildman–Crippen LogP) is 2.68. The molecule has 1 heterocycles. The first-order valence-electron chi connectivity index (χ1n) is 5.49. The van der Waals surface area contributed by atoms with Crippen molar-refractivity contribution >= 4 is 29.0 Å². The lowest BCUT2D eigenvalue weighted by atomic mass is 10.1. The molecule has 1 unspecified atom stereocenters. The molecule has 0 saturated heterocycles. The second kappa shape index (κ2) is 7.55. The van der Waals surface area contributed by atoms with Gasteiger partial charge in [-0.25, -0.2) is 9.67 Å². The second-order valence-electron chi connectivity index (χ2n) is 3.78. The van der Waals surface area contributed by atoms with Gasteiger partial charge in [-0.2, -0.15) is 5.10 Å². The lowest BCUT2D eigenvalue weighted by molar-refractivity contribution is -0.742. The summed E-state index contributed by atoms with van der Waals surface area (Å²) in [5, 5.41) is 18.4. The summed E-state index contributed by atoms with van der Waals surface area (Å²) in [7, 11) is 0. The summed E-state index contributed by atoms with van der Waals surface area (Å²) in [6, 6.07) is 4.34. The van der Waals surface area contributed by atoms with Crippen LogP contribution in [0.3, 0.4) is 0 Å². The minimum atomic E-state index is -1.50. The van der Waals surface area contributed by atoms with E-state index >= 15 is 0 Å². The van der Waals surface area contributed by atoms with Crippen molar-refractivity contribution in [2.45, 2.75) is 13.0 Å². The van der Waals surface area contributed by atoms with Gasteiger partial charge in [0, 0.05) is 10.6 Å². The molecule has 0 aliphatic heterocycles. The van der Waals surface area contributed by atoms with E-state index in [9.17, 15) is 4.79 Å². The molecule has 0 radical (unpaired) electrons. The third kappa shape index (κ3) is 5.01. The van der Waals surface area contributed by atoms with E-state index < -0.39 is 11.1 Å². The van der Waals surface area contributed by atoms with Crippen molar-refractivity contribution in [1.29, 1.82) is 0 Å².